The van der Waals surface area contributed by atoms with Crippen LogP contribution in [0.3, 0.4) is 0 Å². The number of hydrogen-bond acceptors (Lipinski definition) is 8. The van der Waals surface area contributed by atoms with Gasteiger partial charge in [0.2, 0.25) is 5.91 Å². The van der Waals surface area contributed by atoms with Crippen LogP contribution in [0.1, 0.15) is 60.3 Å². The first-order valence-electron chi connectivity index (χ1n) is 16.3. The van der Waals surface area contributed by atoms with E-state index in [0.717, 1.165) is 44.8 Å². The van der Waals surface area contributed by atoms with Crippen LogP contribution in [0.25, 0.3) is 22.6 Å². The van der Waals surface area contributed by atoms with Crippen LogP contribution in [0.2, 0.25) is 0 Å². The second kappa shape index (κ2) is 16.6. The summed E-state index contributed by atoms with van der Waals surface area (Å²) in [5.41, 5.74) is 6.30. The molecule has 1 aliphatic heterocycles. The van der Waals surface area contributed by atoms with E-state index in [1.807, 2.05) is 109 Å². The van der Waals surface area contributed by atoms with Crippen molar-refractivity contribution in [1.29, 1.82) is 0 Å². The van der Waals surface area contributed by atoms with Crippen LogP contribution >= 0.6 is 11.8 Å². The second-order valence-corrected chi connectivity index (χ2v) is 12.8. The Hall–Kier alpha value is -4.74. The van der Waals surface area contributed by atoms with Crippen molar-refractivity contribution >= 4 is 23.6 Å². The standard InChI is InChI=1S/C39H38N2O7S/c42-24-27-16-18-28(19-17-27)33-22-32(46-38(47-33)31-20-14-26(15-21-31)23-40-34(43)12-7-13-35(44)45)25-49-39-41-36(29-8-3-1-4-9-29)37(48-39)30-10-5-2-6-11-30/h1-6,8-11,14-21,32-33,38,42H,7,12-13,22-25H2,(H,40,43)(H,44,45)/t32-,33+,38+/m1/s1. The van der Waals surface area contributed by atoms with Gasteiger partial charge in [0.1, 0.15) is 5.69 Å². The van der Waals surface area contributed by atoms with Gasteiger partial charge in [-0.05, 0) is 23.1 Å². The van der Waals surface area contributed by atoms with Crippen LogP contribution in [-0.2, 0) is 32.2 Å². The van der Waals surface area contributed by atoms with E-state index < -0.39 is 12.3 Å². The first-order valence-corrected chi connectivity index (χ1v) is 17.3. The zero-order chi connectivity index (χ0) is 34.0. The molecule has 0 aliphatic carbocycles. The zero-order valence-electron chi connectivity index (χ0n) is 26.9. The maximum atomic E-state index is 12.1. The summed E-state index contributed by atoms with van der Waals surface area (Å²) < 4.78 is 19.4. The van der Waals surface area contributed by atoms with Crippen LogP contribution in [0.15, 0.2) is 119 Å². The molecule has 3 N–H and O–H groups in total. The number of rotatable bonds is 14. The van der Waals surface area contributed by atoms with Gasteiger partial charge in [0.15, 0.2) is 12.1 Å². The number of carboxylic acids is 1. The summed E-state index contributed by atoms with van der Waals surface area (Å²) in [5.74, 6) is 0.212. The third kappa shape index (κ3) is 9.24. The molecular formula is C39H38N2O7S. The Labute approximate surface area is 289 Å². The number of carboxylic acid groups (broad SMARTS) is 1. The summed E-state index contributed by atoms with van der Waals surface area (Å²) >= 11 is 1.51. The molecule has 0 bridgehead atoms. The van der Waals surface area contributed by atoms with Gasteiger partial charge >= 0.3 is 5.97 Å². The topological polar surface area (TPSA) is 131 Å². The van der Waals surface area contributed by atoms with Gasteiger partial charge in [0.05, 0.1) is 18.8 Å². The molecule has 2 heterocycles. The number of thioether (sulfide) groups is 1. The average molecular weight is 679 g/mol. The fourth-order valence-electron chi connectivity index (χ4n) is 5.61. The summed E-state index contributed by atoms with van der Waals surface area (Å²) in [6.07, 6.45) is -0.00978. The molecule has 1 saturated heterocycles. The third-order valence-corrected chi connectivity index (χ3v) is 9.19. The smallest absolute Gasteiger partial charge is 0.303 e. The molecule has 4 aromatic carbocycles. The molecule has 0 unspecified atom stereocenters. The van der Waals surface area contributed by atoms with E-state index in [0.29, 0.717) is 30.4 Å². The van der Waals surface area contributed by atoms with Crippen molar-refractivity contribution in [3.63, 3.8) is 0 Å². The average Bonchev–Trinajstić information content (AvgIpc) is 3.58. The van der Waals surface area contributed by atoms with Crippen LogP contribution < -0.4 is 5.32 Å². The highest BCUT2D eigenvalue weighted by Crippen LogP contribution is 2.41. The zero-order valence-corrected chi connectivity index (χ0v) is 27.7. The molecular weight excluding hydrogens is 641 g/mol. The van der Waals surface area contributed by atoms with Gasteiger partial charge in [-0.1, -0.05) is 121 Å². The molecule has 5 aromatic rings. The second-order valence-electron chi connectivity index (χ2n) is 11.8. The summed E-state index contributed by atoms with van der Waals surface area (Å²) in [7, 11) is 0. The fraction of sp³-hybridized carbons (Fsp3) is 0.256. The van der Waals surface area contributed by atoms with Gasteiger partial charge in [0, 0.05) is 48.3 Å². The minimum Gasteiger partial charge on any atom is -0.481 e. The van der Waals surface area contributed by atoms with Crippen molar-refractivity contribution in [2.45, 2.75) is 62.6 Å². The number of carbonyl (C=O) groups is 2. The number of aliphatic hydroxyl groups excluding tert-OH is 1. The molecule has 1 amide bonds. The van der Waals surface area contributed by atoms with Crippen LogP contribution in [0.5, 0.6) is 0 Å². The molecule has 6 rings (SSSR count). The van der Waals surface area contributed by atoms with E-state index in [1.165, 1.54) is 11.8 Å². The normalized spacial score (nSPS) is 17.4. The van der Waals surface area contributed by atoms with Crippen LogP contribution in [0.4, 0.5) is 0 Å². The lowest BCUT2D eigenvalue weighted by molar-refractivity contribution is -0.245. The van der Waals surface area contributed by atoms with Crippen molar-refractivity contribution in [1.82, 2.24) is 10.3 Å². The highest BCUT2D eigenvalue weighted by atomic mass is 32.2. The predicted molar refractivity (Wildman–Crippen MR) is 186 cm³/mol. The molecule has 1 aromatic heterocycles. The highest BCUT2D eigenvalue weighted by molar-refractivity contribution is 7.99. The number of aromatic nitrogens is 1. The van der Waals surface area contributed by atoms with E-state index >= 15 is 0 Å². The molecule has 0 radical (unpaired) electrons. The van der Waals surface area contributed by atoms with Crippen molar-refractivity contribution in [3.8, 4) is 22.6 Å². The summed E-state index contributed by atoms with van der Waals surface area (Å²) in [6.45, 7) is 0.307. The number of benzene rings is 4. The number of nitrogens with zero attached hydrogens (tertiary/aromatic N) is 1. The first kappa shape index (κ1) is 34.1. The summed E-state index contributed by atoms with van der Waals surface area (Å²) in [5, 5.41) is 21.7. The number of hydrogen-bond donors (Lipinski definition) is 3. The van der Waals surface area contributed by atoms with Gasteiger partial charge in [-0.3, -0.25) is 9.59 Å². The van der Waals surface area contributed by atoms with Crippen LogP contribution in [0, 0.1) is 0 Å². The molecule has 0 saturated carbocycles. The SMILES string of the molecule is O=C(O)CCCC(=O)NCc1ccc([C@H]2O[C@@H](CSc3nc(-c4ccccc4)c(-c4ccccc4)o3)C[C@@H](c3ccc(CO)cc3)O2)cc1. The summed E-state index contributed by atoms with van der Waals surface area (Å²) in [4.78, 5) is 27.7. The molecule has 3 atom stereocenters. The van der Waals surface area contributed by atoms with Gasteiger partial charge in [-0.15, -0.1) is 0 Å². The van der Waals surface area contributed by atoms with Gasteiger partial charge < -0.3 is 29.4 Å². The lowest BCUT2D eigenvalue weighted by atomic mass is 10.0. The van der Waals surface area contributed by atoms with Gasteiger partial charge in [0.25, 0.3) is 5.22 Å². The lowest BCUT2D eigenvalue weighted by Crippen LogP contribution is -2.31. The van der Waals surface area contributed by atoms with Gasteiger partial charge in [-0.25, -0.2) is 4.98 Å². The number of oxazole rings is 1. The minimum atomic E-state index is -0.909. The number of nitrogens with one attached hydrogen (secondary N) is 1. The Morgan fingerprint density at radius 3 is 2.12 bits per heavy atom. The van der Waals surface area contributed by atoms with Crippen molar-refractivity contribution in [3.05, 3.63) is 131 Å². The first-order chi connectivity index (χ1) is 23.9. The Balaban J connectivity index is 1.17. The number of carbonyl (C=O) groups excluding carboxylic acids is 1. The maximum Gasteiger partial charge on any atom is 0.303 e. The largest absolute Gasteiger partial charge is 0.481 e. The predicted octanol–water partition coefficient (Wildman–Crippen LogP) is 7.71. The highest BCUT2D eigenvalue weighted by Gasteiger charge is 2.33. The number of ether oxygens (including phenoxy) is 2. The van der Waals surface area contributed by atoms with Crippen molar-refractivity contribution in [2.24, 2.45) is 0 Å². The van der Waals surface area contributed by atoms with E-state index in [-0.39, 0.29) is 37.6 Å². The Morgan fingerprint density at radius 1 is 0.796 bits per heavy atom. The van der Waals surface area contributed by atoms with E-state index in [4.69, 9.17) is 24.0 Å². The lowest BCUT2D eigenvalue weighted by Gasteiger charge is -2.36. The van der Waals surface area contributed by atoms with Crippen molar-refractivity contribution < 1.29 is 33.7 Å². The molecule has 10 heteroatoms. The Kier molecular flexibility index (Phi) is 11.6. The van der Waals surface area contributed by atoms with E-state index in [9.17, 15) is 14.7 Å². The number of aliphatic carboxylic acids is 1. The Bertz CT molecular complexity index is 1760. The monoisotopic (exact) mass is 678 g/mol. The van der Waals surface area contributed by atoms with Crippen LogP contribution in [-0.4, -0.2) is 38.9 Å². The van der Waals surface area contributed by atoms with Crippen molar-refractivity contribution in [2.75, 3.05) is 5.75 Å². The maximum absolute atomic E-state index is 12.1. The Morgan fingerprint density at radius 2 is 1.45 bits per heavy atom. The summed E-state index contributed by atoms with van der Waals surface area (Å²) in [6, 6.07) is 35.5. The fourth-order valence-corrected chi connectivity index (χ4v) is 6.45. The molecule has 1 aliphatic rings. The van der Waals surface area contributed by atoms with E-state index in [1.54, 1.807) is 0 Å². The number of amides is 1. The molecule has 252 valence electrons. The quantitative estimate of drug-likeness (QED) is 0.101. The molecule has 0 spiro atoms. The van der Waals surface area contributed by atoms with Gasteiger partial charge in [-0.2, -0.15) is 0 Å². The number of aliphatic hydroxyl groups is 1. The van der Waals surface area contributed by atoms with E-state index in [2.05, 4.69) is 5.32 Å². The third-order valence-electron chi connectivity index (χ3n) is 8.23. The molecule has 9 nitrogen and oxygen atoms in total. The molecule has 1 fully saturated rings. The molecule has 49 heavy (non-hydrogen) atoms. The minimum absolute atomic E-state index is 0.0297.